The van der Waals surface area contributed by atoms with E-state index in [0.717, 1.165) is 46.4 Å². The number of allylic oxidation sites excluding steroid dienone is 16. The summed E-state index contributed by atoms with van der Waals surface area (Å²) in [6.45, 7) is 4.00. The topological polar surface area (TPSA) is 74.3 Å². The third kappa shape index (κ3) is 5.65. The Bertz CT molecular complexity index is 2510. The van der Waals surface area contributed by atoms with Gasteiger partial charge in [0.15, 0.2) is 0 Å². The average molecular weight is 647 g/mol. The lowest BCUT2D eigenvalue weighted by atomic mass is 9.71. The van der Waals surface area contributed by atoms with Crippen LogP contribution in [0.1, 0.15) is 18.4 Å². The quantitative estimate of drug-likeness (QED) is 0.0816. The summed E-state index contributed by atoms with van der Waals surface area (Å²) in [4.78, 5) is 0. The highest BCUT2D eigenvalue weighted by molar-refractivity contribution is 6.53. The van der Waals surface area contributed by atoms with Gasteiger partial charge in [0.05, 0.1) is 5.71 Å². The van der Waals surface area contributed by atoms with Crippen molar-refractivity contribution in [3.63, 3.8) is 0 Å². The minimum absolute atomic E-state index is 0.0217. The molecule has 2 atom stereocenters. The Morgan fingerprint density at radius 2 is 1.70 bits per heavy atom. The standard InChI is InChI=1S/C46H38N4/c1-2-30(16-12-24-47)31-15-11-17-35(25-31)49-50-46-44(43-27-33-14-4-6-19-37(33)39-21-8-10-23-41(39)43)28-34(29-45(46)48)42-26-32-13-3-5-18-36(32)38-20-7-9-22-40(38)42/h2-10,12-16,18-29,41,43,48-49H,1,11,17,47H2/b24-12-,30-16+,48-45?,50-46-. The highest BCUT2D eigenvalue weighted by Crippen LogP contribution is 2.40. The Kier molecular flexibility index (Phi) is 8.27. The first kappa shape index (κ1) is 31.0. The maximum atomic E-state index is 9.54. The molecule has 0 aliphatic heterocycles. The number of hydrazone groups is 1. The molecule has 0 spiro atoms. The fourth-order valence-corrected chi connectivity index (χ4v) is 7.67. The molecule has 0 fully saturated rings. The van der Waals surface area contributed by atoms with E-state index in [0.29, 0.717) is 11.4 Å². The van der Waals surface area contributed by atoms with Gasteiger partial charge < -0.3 is 5.73 Å². The summed E-state index contributed by atoms with van der Waals surface area (Å²) >= 11 is 0. The maximum absolute atomic E-state index is 9.54. The predicted octanol–water partition coefficient (Wildman–Crippen LogP) is 8.47. The largest absolute Gasteiger partial charge is 0.405 e. The van der Waals surface area contributed by atoms with Crippen molar-refractivity contribution in [2.75, 3.05) is 0 Å². The Morgan fingerprint density at radius 3 is 2.56 bits per heavy atom. The third-order valence-corrected chi connectivity index (χ3v) is 10.0. The highest BCUT2D eigenvalue weighted by atomic mass is 15.3. The third-order valence-electron chi connectivity index (χ3n) is 10.0. The second-order valence-corrected chi connectivity index (χ2v) is 13.0. The molecule has 0 saturated carbocycles. The van der Waals surface area contributed by atoms with Crippen molar-refractivity contribution < 1.29 is 0 Å². The van der Waals surface area contributed by atoms with Crippen LogP contribution in [-0.4, -0.2) is 11.4 Å². The second kappa shape index (κ2) is 13.3. The second-order valence-electron chi connectivity index (χ2n) is 13.0. The molecule has 2 unspecified atom stereocenters. The molecule has 4 N–H and O–H groups in total. The van der Waals surface area contributed by atoms with Crippen molar-refractivity contribution in [3.8, 4) is 0 Å². The molecule has 242 valence electrons. The van der Waals surface area contributed by atoms with Gasteiger partial charge in [0.1, 0.15) is 5.71 Å². The normalized spacial score (nSPS) is 21.0. The molecule has 4 aromatic carbocycles. The molecule has 4 aliphatic rings. The zero-order valence-electron chi connectivity index (χ0n) is 27.8. The van der Waals surface area contributed by atoms with Crippen molar-refractivity contribution in [3.05, 3.63) is 197 Å². The number of rotatable bonds is 7. The van der Waals surface area contributed by atoms with Crippen LogP contribution >= 0.6 is 0 Å². The lowest BCUT2D eigenvalue weighted by molar-refractivity contribution is 0.693. The predicted molar refractivity (Wildman–Crippen MR) is 212 cm³/mol. The molecule has 0 heterocycles. The summed E-state index contributed by atoms with van der Waals surface area (Å²) < 4.78 is 0. The van der Waals surface area contributed by atoms with Crippen molar-refractivity contribution in [2.45, 2.75) is 12.8 Å². The van der Waals surface area contributed by atoms with Gasteiger partial charge in [-0.1, -0.05) is 128 Å². The minimum Gasteiger partial charge on any atom is -0.405 e. The first-order valence-electron chi connectivity index (χ1n) is 17.2. The Morgan fingerprint density at radius 1 is 0.900 bits per heavy atom. The monoisotopic (exact) mass is 646 g/mol. The van der Waals surface area contributed by atoms with Crippen LogP contribution in [0.5, 0.6) is 0 Å². The highest BCUT2D eigenvalue weighted by Gasteiger charge is 2.33. The molecule has 4 aromatic rings. The van der Waals surface area contributed by atoms with Gasteiger partial charge in [-0.15, -0.1) is 0 Å². The molecular weight excluding hydrogens is 609 g/mol. The van der Waals surface area contributed by atoms with Gasteiger partial charge >= 0.3 is 0 Å². The van der Waals surface area contributed by atoms with Crippen LogP contribution in [0.4, 0.5) is 0 Å². The minimum atomic E-state index is -0.0217. The molecule has 0 saturated heterocycles. The van der Waals surface area contributed by atoms with Gasteiger partial charge in [-0.2, -0.15) is 5.10 Å². The summed E-state index contributed by atoms with van der Waals surface area (Å²) in [6.07, 6.45) is 28.6. The first-order valence-corrected chi connectivity index (χ1v) is 17.2. The van der Waals surface area contributed by atoms with E-state index in [1.54, 1.807) is 0 Å². The smallest absolute Gasteiger partial charge is 0.112 e. The van der Waals surface area contributed by atoms with E-state index in [4.69, 9.17) is 10.8 Å². The van der Waals surface area contributed by atoms with Crippen LogP contribution in [0.2, 0.25) is 0 Å². The fourth-order valence-electron chi connectivity index (χ4n) is 7.67. The number of benzene rings is 4. The van der Waals surface area contributed by atoms with Crippen LogP contribution in [0.15, 0.2) is 186 Å². The fraction of sp³-hybridized carbons (Fsp3) is 0.0870. The van der Waals surface area contributed by atoms with Crippen molar-refractivity contribution >= 4 is 50.2 Å². The van der Waals surface area contributed by atoms with Crippen LogP contribution in [0.3, 0.4) is 0 Å². The van der Waals surface area contributed by atoms with Gasteiger partial charge in [-0.3, -0.25) is 10.8 Å². The van der Waals surface area contributed by atoms with Gasteiger partial charge in [-0.05, 0) is 115 Å². The summed E-state index contributed by atoms with van der Waals surface area (Å²) in [6, 6.07) is 28.0. The first-order chi connectivity index (χ1) is 24.6. The number of fused-ring (bicyclic) bond motifs is 5. The summed E-state index contributed by atoms with van der Waals surface area (Å²) in [5.74, 6) is 0.0951. The van der Waals surface area contributed by atoms with Crippen molar-refractivity contribution in [1.82, 2.24) is 5.43 Å². The Hall–Kier alpha value is -6.26. The van der Waals surface area contributed by atoms with E-state index in [9.17, 15) is 5.41 Å². The summed E-state index contributed by atoms with van der Waals surface area (Å²) in [7, 11) is 0. The van der Waals surface area contributed by atoms with E-state index < -0.39 is 0 Å². The van der Waals surface area contributed by atoms with Crippen molar-refractivity contribution in [2.24, 2.45) is 22.7 Å². The number of nitrogens with one attached hydrogen (secondary N) is 2. The Labute approximate surface area is 292 Å². The van der Waals surface area contributed by atoms with Gasteiger partial charge in [0, 0.05) is 17.5 Å². The Balaban J connectivity index is 1.28. The van der Waals surface area contributed by atoms with E-state index in [1.165, 1.54) is 43.8 Å². The van der Waals surface area contributed by atoms with E-state index in [1.807, 2.05) is 24.3 Å². The molecule has 0 bridgehead atoms. The molecule has 0 amide bonds. The molecule has 50 heavy (non-hydrogen) atoms. The van der Waals surface area contributed by atoms with E-state index in [-0.39, 0.29) is 11.8 Å². The number of hydrogen-bond acceptors (Lipinski definition) is 4. The van der Waals surface area contributed by atoms with Crippen molar-refractivity contribution in [1.29, 1.82) is 5.41 Å². The van der Waals surface area contributed by atoms with Crippen LogP contribution in [0, 0.1) is 17.2 Å². The molecular formula is C46H38N4. The van der Waals surface area contributed by atoms with Crippen LogP contribution < -0.4 is 21.6 Å². The SMILES string of the molecule is C=C/C(=C\C=C/N)C1=CCCC(N/N=C2\C(=N)C=C(c3cc4ccccc4c4ccccc34)C=C2C2C=c3ccccc3=C3C=CC=CC32)=C1. The number of nitrogens with two attached hydrogens (primary N) is 1. The zero-order chi connectivity index (χ0) is 34.0. The van der Waals surface area contributed by atoms with Gasteiger partial charge in [-0.25, -0.2) is 0 Å². The molecule has 0 radical (unpaired) electrons. The summed E-state index contributed by atoms with van der Waals surface area (Å²) in [5, 5.41) is 21.8. The number of nitrogens with zero attached hydrogens (tertiary/aromatic N) is 1. The van der Waals surface area contributed by atoms with Crippen LogP contribution in [0.25, 0.3) is 38.8 Å². The number of hydrogen-bond donors (Lipinski definition) is 3. The molecule has 4 aliphatic carbocycles. The van der Waals surface area contributed by atoms with E-state index >= 15 is 0 Å². The average Bonchev–Trinajstić information content (AvgIpc) is 3.17. The molecule has 0 aromatic heterocycles. The van der Waals surface area contributed by atoms with E-state index in [2.05, 4.69) is 139 Å². The summed E-state index contributed by atoms with van der Waals surface area (Å²) in [5.41, 5.74) is 17.6. The lowest BCUT2D eigenvalue weighted by Crippen LogP contribution is -2.39. The maximum Gasteiger partial charge on any atom is 0.112 e. The molecule has 4 heteroatoms. The van der Waals surface area contributed by atoms with Crippen LogP contribution in [-0.2, 0) is 0 Å². The lowest BCUT2D eigenvalue weighted by Gasteiger charge is -2.32. The molecule has 4 nitrogen and oxygen atoms in total. The van der Waals surface area contributed by atoms with Gasteiger partial charge in [0.25, 0.3) is 0 Å². The zero-order valence-corrected chi connectivity index (χ0v) is 27.8. The molecule has 8 rings (SSSR count). The van der Waals surface area contributed by atoms with Gasteiger partial charge in [0.2, 0.25) is 0 Å².